The number of rotatable bonds is 6. The summed E-state index contributed by atoms with van der Waals surface area (Å²) in [5.41, 5.74) is 0. The standard InChI is InChI=1S/C11H17N3O4S/c1-7(2)10(11(15)16)14-9-5-4-8(6-13-9)19(17,18)12-3/h4-7,10,12H,1-3H3,(H,13,14)(H,15,16)/t10-/m1/s1. The number of pyridine rings is 1. The fourth-order valence-corrected chi connectivity index (χ4v) is 2.09. The monoisotopic (exact) mass is 287 g/mol. The maximum absolute atomic E-state index is 11.5. The summed E-state index contributed by atoms with van der Waals surface area (Å²) in [5.74, 6) is -0.792. The third-order valence-corrected chi connectivity index (χ3v) is 3.95. The zero-order valence-electron chi connectivity index (χ0n) is 10.9. The van der Waals surface area contributed by atoms with Crippen LogP contribution in [-0.4, -0.2) is 37.6 Å². The number of sulfonamides is 1. The van der Waals surface area contributed by atoms with E-state index < -0.39 is 22.0 Å². The minimum atomic E-state index is -3.53. The van der Waals surface area contributed by atoms with E-state index >= 15 is 0 Å². The molecule has 3 N–H and O–H groups in total. The number of carbonyl (C=O) groups is 1. The maximum atomic E-state index is 11.5. The van der Waals surface area contributed by atoms with Crippen molar-refractivity contribution in [1.29, 1.82) is 0 Å². The zero-order chi connectivity index (χ0) is 14.6. The summed E-state index contributed by atoms with van der Waals surface area (Å²) < 4.78 is 25.1. The van der Waals surface area contributed by atoms with Crippen LogP contribution in [0.15, 0.2) is 23.2 Å². The van der Waals surface area contributed by atoms with Crippen LogP contribution < -0.4 is 10.0 Å². The molecule has 0 saturated heterocycles. The number of aromatic nitrogens is 1. The molecule has 0 amide bonds. The Labute approximate surface area is 112 Å². The molecule has 1 aromatic rings. The lowest BCUT2D eigenvalue weighted by atomic mass is 10.1. The number of hydrogen-bond acceptors (Lipinski definition) is 5. The molecule has 0 bridgehead atoms. The first-order valence-electron chi connectivity index (χ1n) is 5.67. The van der Waals surface area contributed by atoms with Crippen molar-refractivity contribution in [3.05, 3.63) is 18.3 Å². The summed E-state index contributed by atoms with van der Waals surface area (Å²) in [6.45, 7) is 3.54. The summed E-state index contributed by atoms with van der Waals surface area (Å²) >= 11 is 0. The van der Waals surface area contributed by atoms with Crippen LogP contribution in [0.1, 0.15) is 13.8 Å². The number of carboxylic acids is 1. The van der Waals surface area contributed by atoms with Crippen molar-refractivity contribution in [1.82, 2.24) is 9.71 Å². The molecule has 0 aromatic carbocycles. The molecule has 0 aliphatic carbocycles. The largest absolute Gasteiger partial charge is 0.480 e. The molecular weight excluding hydrogens is 270 g/mol. The van der Waals surface area contributed by atoms with Gasteiger partial charge in [-0.05, 0) is 25.1 Å². The van der Waals surface area contributed by atoms with Crippen molar-refractivity contribution < 1.29 is 18.3 Å². The van der Waals surface area contributed by atoms with Crippen molar-refractivity contribution in [3.8, 4) is 0 Å². The van der Waals surface area contributed by atoms with E-state index in [1.165, 1.54) is 25.4 Å². The highest BCUT2D eigenvalue weighted by atomic mass is 32.2. The molecule has 1 heterocycles. The minimum absolute atomic E-state index is 0.0250. The molecule has 1 aromatic heterocycles. The van der Waals surface area contributed by atoms with Crippen molar-refractivity contribution in [2.75, 3.05) is 12.4 Å². The lowest BCUT2D eigenvalue weighted by molar-refractivity contribution is -0.138. The van der Waals surface area contributed by atoms with Gasteiger partial charge in [0.1, 0.15) is 16.8 Å². The highest BCUT2D eigenvalue weighted by molar-refractivity contribution is 7.89. The van der Waals surface area contributed by atoms with E-state index in [-0.39, 0.29) is 10.8 Å². The molecule has 0 saturated carbocycles. The predicted molar refractivity (Wildman–Crippen MR) is 70.4 cm³/mol. The van der Waals surface area contributed by atoms with Crippen LogP contribution in [0.25, 0.3) is 0 Å². The quantitative estimate of drug-likeness (QED) is 0.703. The molecule has 0 fully saturated rings. The summed E-state index contributed by atoms with van der Waals surface area (Å²) in [5, 5.41) is 11.8. The van der Waals surface area contributed by atoms with Gasteiger partial charge in [0.15, 0.2) is 0 Å². The summed E-state index contributed by atoms with van der Waals surface area (Å²) in [7, 11) is -2.23. The van der Waals surface area contributed by atoms with Gasteiger partial charge in [-0.15, -0.1) is 0 Å². The average molecular weight is 287 g/mol. The van der Waals surface area contributed by atoms with Crippen LogP contribution in [0.4, 0.5) is 5.82 Å². The average Bonchev–Trinajstić information content (AvgIpc) is 2.35. The zero-order valence-corrected chi connectivity index (χ0v) is 11.7. The number of anilines is 1. The van der Waals surface area contributed by atoms with E-state index in [1.54, 1.807) is 13.8 Å². The minimum Gasteiger partial charge on any atom is -0.480 e. The molecule has 0 spiro atoms. The van der Waals surface area contributed by atoms with Gasteiger partial charge in [-0.2, -0.15) is 0 Å². The predicted octanol–water partition coefficient (Wildman–Crippen LogP) is 0.511. The Morgan fingerprint density at radius 3 is 2.37 bits per heavy atom. The Hall–Kier alpha value is -1.67. The molecule has 19 heavy (non-hydrogen) atoms. The summed E-state index contributed by atoms with van der Waals surface area (Å²) in [6, 6.07) is 2.02. The molecule has 1 atom stereocenters. The molecule has 1 rings (SSSR count). The Balaban J connectivity index is 2.91. The third-order valence-electron chi connectivity index (χ3n) is 2.55. The van der Waals surface area contributed by atoms with Crippen LogP contribution >= 0.6 is 0 Å². The van der Waals surface area contributed by atoms with Gasteiger partial charge in [0.2, 0.25) is 10.0 Å². The van der Waals surface area contributed by atoms with Gasteiger partial charge in [-0.3, -0.25) is 0 Å². The van der Waals surface area contributed by atoms with E-state index in [9.17, 15) is 13.2 Å². The lowest BCUT2D eigenvalue weighted by Crippen LogP contribution is -2.34. The Bertz CT molecular complexity index is 540. The number of nitrogens with zero attached hydrogens (tertiary/aromatic N) is 1. The highest BCUT2D eigenvalue weighted by Gasteiger charge is 2.21. The smallest absolute Gasteiger partial charge is 0.326 e. The van der Waals surface area contributed by atoms with Crippen molar-refractivity contribution >= 4 is 21.8 Å². The van der Waals surface area contributed by atoms with Gasteiger partial charge < -0.3 is 10.4 Å². The van der Waals surface area contributed by atoms with Gasteiger partial charge in [-0.25, -0.2) is 22.9 Å². The fraction of sp³-hybridized carbons (Fsp3) is 0.455. The van der Waals surface area contributed by atoms with Gasteiger partial charge in [0.25, 0.3) is 0 Å². The topological polar surface area (TPSA) is 108 Å². The first kappa shape index (κ1) is 15.4. The maximum Gasteiger partial charge on any atom is 0.326 e. The van der Waals surface area contributed by atoms with E-state index in [0.717, 1.165) is 0 Å². The van der Waals surface area contributed by atoms with Gasteiger partial charge in [-0.1, -0.05) is 13.8 Å². The van der Waals surface area contributed by atoms with E-state index in [0.29, 0.717) is 5.82 Å². The van der Waals surface area contributed by atoms with Crippen LogP contribution in [0.3, 0.4) is 0 Å². The normalized spacial score (nSPS) is 13.3. The second kappa shape index (κ2) is 5.98. The number of carboxylic acid groups (broad SMARTS) is 1. The Kier molecular flexibility index (Phi) is 4.84. The molecule has 0 unspecified atom stereocenters. The van der Waals surface area contributed by atoms with Crippen molar-refractivity contribution in [2.24, 2.45) is 5.92 Å². The van der Waals surface area contributed by atoms with Crippen molar-refractivity contribution in [2.45, 2.75) is 24.8 Å². The highest BCUT2D eigenvalue weighted by Crippen LogP contribution is 2.13. The molecular formula is C11H17N3O4S. The van der Waals surface area contributed by atoms with Gasteiger partial charge in [0, 0.05) is 6.20 Å². The number of hydrogen-bond donors (Lipinski definition) is 3. The van der Waals surface area contributed by atoms with Gasteiger partial charge in [0.05, 0.1) is 0 Å². The number of aliphatic carboxylic acids is 1. The SMILES string of the molecule is CNS(=O)(=O)c1ccc(N[C@@H](C(=O)O)C(C)C)nc1. The first-order chi connectivity index (χ1) is 8.77. The second-order valence-electron chi connectivity index (χ2n) is 4.29. The van der Waals surface area contributed by atoms with E-state index in [2.05, 4.69) is 15.0 Å². The summed E-state index contributed by atoms with van der Waals surface area (Å²) in [4.78, 5) is 15.0. The Morgan fingerprint density at radius 1 is 1.37 bits per heavy atom. The molecule has 0 aliphatic rings. The van der Waals surface area contributed by atoms with Crippen LogP contribution in [0.2, 0.25) is 0 Å². The third kappa shape index (κ3) is 3.90. The van der Waals surface area contributed by atoms with Crippen LogP contribution in [-0.2, 0) is 14.8 Å². The molecule has 106 valence electrons. The first-order valence-corrected chi connectivity index (χ1v) is 7.15. The van der Waals surface area contributed by atoms with Gasteiger partial charge >= 0.3 is 5.97 Å². The molecule has 0 aliphatic heterocycles. The lowest BCUT2D eigenvalue weighted by Gasteiger charge is -2.18. The summed E-state index contributed by atoms with van der Waals surface area (Å²) in [6.07, 6.45) is 1.17. The van der Waals surface area contributed by atoms with Crippen LogP contribution in [0, 0.1) is 5.92 Å². The molecule has 0 radical (unpaired) electrons. The van der Waals surface area contributed by atoms with Crippen LogP contribution in [0.5, 0.6) is 0 Å². The second-order valence-corrected chi connectivity index (χ2v) is 6.18. The van der Waals surface area contributed by atoms with Crippen molar-refractivity contribution in [3.63, 3.8) is 0 Å². The fourth-order valence-electron chi connectivity index (χ4n) is 1.42. The molecule has 7 nitrogen and oxygen atoms in total. The van der Waals surface area contributed by atoms with E-state index in [4.69, 9.17) is 5.11 Å². The van der Waals surface area contributed by atoms with E-state index in [1.807, 2.05) is 0 Å². The number of nitrogens with one attached hydrogen (secondary N) is 2. The Morgan fingerprint density at radius 2 is 2.00 bits per heavy atom. The molecule has 8 heteroatoms.